The fraction of sp³-hybridized carbons (Fsp3) is 0.385. The number of nitrogens with one attached hydrogen (secondary N) is 2. The van der Waals surface area contributed by atoms with Crippen LogP contribution in [0.15, 0.2) is 18.2 Å². The summed E-state index contributed by atoms with van der Waals surface area (Å²) in [5, 5.41) is 4.84. The van der Waals surface area contributed by atoms with Crippen LogP contribution in [0.5, 0.6) is 0 Å². The summed E-state index contributed by atoms with van der Waals surface area (Å²) >= 11 is 0. The van der Waals surface area contributed by atoms with Gasteiger partial charge in [-0.05, 0) is 61.5 Å². The highest BCUT2D eigenvalue weighted by Gasteiger charge is 2.16. The standard InChI is InChI=1S/C13H16N2/c1-8-5-11-6-10-3-4-14-9(2)12(10)7-13(11)15-8/h5-7,9,14-15H,3-4H2,1-2H3. The molecule has 1 aliphatic heterocycles. The van der Waals surface area contributed by atoms with E-state index < -0.39 is 0 Å². The summed E-state index contributed by atoms with van der Waals surface area (Å²) in [6.07, 6.45) is 1.15. The number of aromatic amines is 1. The number of rotatable bonds is 0. The molecule has 78 valence electrons. The predicted octanol–water partition coefficient (Wildman–Crippen LogP) is 2.68. The molecule has 0 radical (unpaired) electrons. The van der Waals surface area contributed by atoms with Gasteiger partial charge in [-0.15, -0.1) is 0 Å². The summed E-state index contributed by atoms with van der Waals surface area (Å²) in [7, 11) is 0. The van der Waals surface area contributed by atoms with Gasteiger partial charge >= 0.3 is 0 Å². The van der Waals surface area contributed by atoms with Crippen molar-refractivity contribution in [3.8, 4) is 0 Å². The lowest BCUT2D eigenvalue weighted by Crippen LogP contribution is -2.27. The number of hydrogen-bond acceptors (Lipinski definition) is 1. The first-order chi connectivity index (χ1) is 7.24. The molecular formula is C13H16N2. The van der Waals surface area contributed by atoms with E-state index in [0.717, 1.165) is 13.0 Å². The highest BCUT2D eigenvalue weighted by molar-refractivity contribution is 5.82. The molecule has 2 heteroatoms. The fourth-order valence-electron chi connectivity index (χ4n) is 2.54. The molecule has 0 spiro atoms. The maximum absolute atomic E-state index is 3.50. The number of fused-ring (bicyclic) bond motifs is 2. The summed E-state index contributed by atoms with van der Waals surface area (Å²) in [5.74, 6) is 0. The van der Waals surface area contributed by atoms with Crippen molar-refractivity contribution in [2.24, 2.45) is 0 Å². The first kappa shape index (κ1) is 8.98. The largest absolute Gasteiger partial charge is 0.359 e. The predicted molar refractivity (Wildman–Crippen MR) is 63.2 cm³/mol. The maximum atomic E-state index is 3.50. The van der Waals surface area contributed by atoms with Crippen molar-refractivity contribution in [3.63, 3.8) is 0 Å². The van der Waals surface area contributed by atoms with E-state index in [1.807, 2.05) is 0 Å². The lowest BCUT2D eigenvalue weighted by molar-refractivity contribution is 0.542. The fourth-order valence-corrected chi connectivity index (χ4v) is 2.54. The molecule has 15 heavy (non-hydrogen) atoms. The Hall–Kier alpha value is -1.28. The minimum atomic E-state index is 0.488. The van der Waals surface area contributed by atoms with Crippen LogP contribution >= 0.6 is 0 Å². The maximum Gasteiger partial charge on any atom is 0.0459 e. The number of hydrogen-bond donors (Lipinski definition) is 2. The van der Waals surface area contributed by atoms with Crippen LogP contribution in [0.2, 0.25) is 0 Å². The smallest absolute Gasteiger partial charge is 0.0459 e. The average Bonchev–Trinajstić information content (AvgIpc) is 2.55. The van der Waals surface area contributed by atoms with E-state index in [2.05, 4.69) is 42.3 Å². The number of H-pyrrole nitrogens is 1. The summed E-state index contributed by atoms with van der Waals surface area (Å²) < 4.78 is 0. The monoisotopic (exact) mass is 200 g/mol. The molecule has 2 aromatic rings. The van der Waals surface area contributed by atoms with Crippen LogP contribution in [-0.4, -0.2) is 11.5 Å². The molecule has 1 aromatic heterocycles. The lowest BCUT2D eigenvalue weighted by Gasteiger charge is -2.23. The molecule has 0 aliphatic carbocycles. The Morgan fingerprint density at radius 1 is 1.27 bits per heavy atom. The molecule has 1 unspecified atom stereocenters. The summed E-state index contributed by atoms with van der Waals surface area (Å²) in [5.41, 5.74) is 5.47. The Morgan fingerprint density at radius 3 is 3.00 bits per heavy atom. The molecular weight excluding hydrogens is 184 g/mol. The van der Waals surface area contributed by atoms with Crippen molar-refractivity contribution in [1.82, 2.24) is 10.3 Å². The third-order valence-corrected chi connectivity index (χ3v) is 3.33. The molecule has 0 amide bonds. The molecule has 1 aromatic carbocycles. The first-order valence-corrected chi connectivity index (χ1v) is 5.59. The van der Waals surface area contributed by atoms with E-state index in [1.54, 1.807) is 0 Å². The van der Waals surface area contributed by atoms with Crippen LogP contribution < -0.4 is 5.32 Å². The van der Waals surface area contributed by atoms with Crippen LogP contribution in [0.4, 0.5) is 0 Å². The van der Waals surface area contributed by atoms with E-state index in [9.17, 15) is 0 Å². The molecule has 0 saturated heterocycles. The highest BCUT2D eigenvalue weighted by Crippen LogP contribution is 2.27. The van der Waals surface area contributed by atoms with Gasteiger partial charge in [0.15, 0.2) is 0 Å². The Bertz CT molecular complexity index is 510. The van der Waals surface area contributed by atoms with Gasteiger partial charge in [0.25, 0.3) is 0 Å². The Balaban J connectivity index is 2.26. The van der Waals surface area contributed by atoms with Crippen LogP contribution in [0.1, 0.15) is 29.8 Å². The molecule has 2 N–H and O–H groups in total. The van der Waals surface area contributed by atoms with Gasteiger partial charge in [-0.2, -0.15) is 0 Å². The van der Waals surface area contributed by atoms with E-state index in [-0.39, 0.29) is 0 Å². The molecule has 0 fully saturated rings. The van der Waals surface area contributed by atoms with Crippen LogP contribution in [-0.2, 0) is 6.42 Å². The van der Waals surface area contributed by atoms with E-state index in [1.165, 1.54) is 27.7 Å². The summed E-state index contributed by atoms with van der Waals surface area (Å²) in [6.45, 7) is 5.45. The van der Waals surface area contributed by atoms with Crippen LogP contribution in [0, 0.1) is 6.92 Å². The third kappa shape index (κ3) is 1.37. The summed E-state index contributed by atoms with van der Waals surface area (Å²) in [4.78, 5) is 3.40. The molecule has 1 aliphatic rings. The van der Waals surface area contributed by atoms with Gasteiger partial charge < -0.3 is 10.3 Å². The molecule has 0 bridgehead atoms. The van der Waals surface area contributed by atoms with E-state index >= 15 is 0 Å². The van der Waals surface area contributed by atoms with Gasteiger partial charge in [-0.25, -0.2) is 0 Å². The average molecular weight is 200 g/mol. The van der Waals surface area contributed by atoms with Crippen molar-refractivity contribution < 1.29 is 0 Å². The zero-order chi connectivity index (χ0) is 10.4. The van der Waals surface area contributed by atoms with Gasteiger partial charge in [-0.3, -0.25) is 0 Å². The van der Waals surface area contributed by atoms with Crippen LogP contribution in [0.25, 0.3) is 10.9 Å². The Labute approximate surface area is 89.7 Å². The SMILES string of the molecule is Cc1cc2cc3c(cc2[nH]1)C(C)NCC3. The normalized spacial score (nSPS) is 20.5. The van der Waals surface area contributed by atoms with Crippen molar-refractivity contribution in [3.05, 3.63) is 35.0 Å². The van der Waals surface area contributed by atoms with E-state index in [0.29, 0.717) is 6.04 Å². The van der Waals surface area contributed by atoms with Gasteiger partial charge in [0.2, 0.25) is 0 Å². The number of benzene rings is 1. The number of aromatic nitrogens is 1. The second-order valence-electron chi connectivity index (χ2n) is 4.52. The lowest BCUT2D eigenvalue weighted by atomic mass is 9.94. The molecule has 0 saturated carbocycles. The number of aryl methyl sites for hydroxylation is 1. The second-order valence-corrected chi connectivity index (χ2v) is 4.52. The van der Waals surface area contributed by atoms with Crippen molar-refractivity contribution in [1.29, 1.82) is 0 Å². The highest BCUT2D eigenvalue weighted by atomic mass is 14.9. The molecule has 1 atom stereocenters. The quantitative estimate of drug-likeness (QED) is 0.672. The molecule has 3 rings (SSSR count). The van der Waals surface area contributed by atoms with Gasteiger partial charge in [0.05, 0.1) is 0 Å². The Kier molecular flexibility index (Phi) is 1.86. The molecule has 2 nitrogen and oxygen atoms in total. The van der Waals surface area contributed by atoms with Crippen LogP contribution in [0.3, 0.4) is 0 Å². The van der Waals surface area contributed by atoms with Crippen molar-refractivity contribution >= 4 is 10.9 Å². The minimum Gasteiger partial charge on any atom is -0.359 e. The topological polar surface area (TPSA) is 27.8 Å². The van der Waals surface area contributed by atoms with E-state index in [4.69, 9.17) is 0 Å². The first-order valence-electron chi connectivity index (χ1n) is 5.59. The summed E-state index contributed by atoms with van der Waals surface area (Å²) in [6, 6.07) is 7.35. The van der Waals surface area contributed by atoms with Gasteiger partial charge in [-0.1, -0.05) is 0 Å². The second kappa shape index (κ2) is 3.11. The zero-order valence-electron chi connectivity index (χ0n) is 9.22. The van der Waals surface area contributed by atoms with Crippen molar-refractivity contribution in [2.45, 2.75) is 26.3 Å². The van der Waals surface area contributed by atoms with Gasteiger partial charge in [0, 0.05) is 17.3 Å². The third-order valence-electron chi connectivity index (χ3n) is 3.33. The van der Waals surface area contributed by atoms with Gasteiger partial charge in [0.1, 0.15) is 0 Å². The van der Waals surface area contributed by atoms with Crippen molar-refractivity contribution in [2.75, 3.05) is 6.54 Å². The molecule has 2 heterocycles. The Morgan fingerprint density at radius 2 is 2.13 bits per heavy atom. The minimum absolute atomic E-state index is 0.488. The zero-order valence-corrected chi connectivity index (χ0v) is 9.22.